The van der Waals surface area contributed by atoms with Crippen molar-refractivity contribution in [2.75, 3.05) is 0 Å². The maximum Gasteiger partial charge on any atom is 0.120 e. The molecule has 0 aliphatic heterocycles. The first-order valence-electron chi connectivity index (χ1n) is 4.47. The number of hydrogen-bond acceptors (Lipinski definition) is 2. The van der Waals surface area contributed by atoms with E-state index in [4.69, 9.17) is 11.6 Å². The van der Waals surface area contributed by atoms with Gasteiger partial charge in [0.15, 0.2) is 0 Å². The lowest BCUT2D eigenvalue weighted by atomic mass is 10.2. The van der Waals surface area contributed by atoms with Gasteiger partial charge >= 0.3 is 0 Å². The molecule has 0 saturated heterocycles. The van der Waals surface area contributed by atoms with Crippen LogP contribution in [0.3, 0.4) is 0 Å². The largest absolute Gasteiger partial charge is 0.508 e. The molecule has 1 aromatic rings. The van der Waals surface area contributed by atoms with Crippen LogP contribution in [0.2, 0.25) is 5.02 Å². The summed E-state index contributed by atoms with van der Waals surface area (Å²) < 4.78 is 0. The predicted octanol–water partition coefficient (Wildman–Crippen LogP) is 2.71. The van der Waals surface area contributed by atoms with Crippen LogP contribution in [0.15, 0.2) is 30.9 Å². The van der Waals surface area contributed by atoms with Crippen molar-refractivity contribution in [3.05, 3.63) is 41.4 Å². The second-order valence-electron chi connectivity index (χ2n) is 3.18. The summed E-state index contributed by atoms with van der Waals surface area (Å²) >= 11 is 5.81. The fraction of sp³-hybridized carbons (Fsp3) is 0.273. The fourth-order valence-electron chi connectivity index (χ4n) is 1.05. The summed E-state index contributed by atoms with van der Waals surface area (Å²) in [6, 6.07) is 5.22. The average molecular weight is 212 g/mol. The molecular weight excluding hydrogens is 198 g/mol. The van der Waals surface area contributed by atoms with E-state index in [9.17, 15) is 5.11 Å². The molecule has 0 saturated carbocycles. The van der Waals surface area contributed by atoms with Crippen molar-refractivity contribution in [2.45, 2.75) is 19.5 Å². The Labute approximate surface area is 89.2 Å². The zero-order valence-electron chi connectivity index (χ0n) is 8.13. The molecule has 1 atom stereocenters. The summed E-state index contributed by atoms with van der Waals surface area (Å²) in [5, 5.41) is 13.3. The lowest BCUT2D eigenvalue weighted by molar-refractivity contribution is 0.463. The highest BCUT2D eigenvalue weighted by molar-refractivity contribution is 6.30. The normalized spacial score (nSPS) is 12.4. The minimum Gasteiger partial charge on any atom is -0.508 e. The van der Waals surface area contributed by atoms with E-state index >= 15 is 0 Å². The third kappa shape index (κ3) is 3.05. The number of phenolic OH excluding ortho intramolecular Hbond substituents is 1. The standard InChI is InChI=1S/C11H14ClNO/c1-3-8(2)13-7-9-6-10(12)4-5-11(9)14/h3-6,8,13-14H,1,7H2,2H3. The first-order valence-corrected chi connectivity index (χ1v) is 4.84. The maximum absolute atomic E-state index is 9.50. The van der Waals surface area contributed by atoms with Crippen molar-refractivity contribution in [2.24, 2.45) is 0 Å². The van der Waals surface area contributed by atoms with Gasteiger partial charge in [-0.05, 0) is 25.1 Å². The Balaban J connectivity index is 2.66. The van der Waals surface area contributed by atoms with E-state index in [0.717, 1.165) is 5.56 Å². The van der Waals surface area contributed by atoms with Gasteiger partial charge in [0.25, 0.3) is 0 Å². The first-order chi connectivity index (χ1) is 6.63. The van der Waals surface area contributed by atoms with E-state index in [1.165, 1.54) is 0 Å². The van der Waals surface area contributed by atoms with Crippen LogP contribution in [-0.4, -0.2) is 11.1 Å². The summed E-state index contributed by atoms with van der Waals surface area (Å²) in [6.07, 6.45) is 1.81. The average Bonchev–Trinajstić information content (AvgIpc) is 2.19. The summed E-state index contributed by atoms with van der Waals surface area (Å²) in [5.74, 6) is 0.262. The lowest BCUT2D eigenvalue weighted by Crippen LogP contribution is -2.22. The lowest BCUT2D eigenvalue weighted by Gasteiger charge is -2.10. The van der Waals surface area contributed by atoms with E-state index in [2.05, 4.69) is 11.9 Å². The smallest absolute Gasteiger partial charge is 0.120 e. The number of nitrogens with one attached hydrogen (secondary N) is 1. The van der Waals surface area contributed by atoms with Gasteiger partial charge in [0.05, 0.1) is 0 Å². The van der Waals surface area contributed by atoms with Crippen LogP contribution >= 0.6 is 11.6 Å². The third-order valence-electron chi connectivity index (χ3n) is 2.01. The molecule has 1 unspecified atom stereocenters. The zero-order valence-corrected chi connectivity index (χ0v) is 8.88. The van der Waals surface area contributed by atoms with Gasteiger partial charge in [-0.15, -0.1) is 6.58 Å². The summed E-state index contributed by atoms with van der Waals surface area (Å²) in [7, 11) is 0. The Kier molecular flexibility index (Phi) is 3.98. The first kappa shape index (κ1) is 11.1. The third-order valence-corrected chi connectivity index (χ3v) is 2.24. The van der Waals surface area contributed by atoms with Crippen LogP contribution in [0, 0.1) is 0 Å². The molecule has 0 aromatic heterocycles. The molecule has 1 rings (SSSR count). The second kappa shape index (κ2) is 5.03. The second-order valence-corrected chi connectivity index (χ2v) is 3.61. The van der Waals surface area contributed by atoms with Gasteiger partial charge in [-0.2, -0.15) is 0 Å². The van der Waals surface area contributed by atoms with Crippen molar-refractivity contribution < 1.29 is 5.11 Å². The quantitative estimate of drug-likeness (QED) is 0.751. The molecule has 0 aliphatic carbocycles. The maximum atomic E-state index is 9.50. The molecule has 2 N–H and O–H groups in total. The van der Waals surface area contributed by atoms with E-state index in [1.54, 1.807) is 18.2 Å². The number of rotatable bonds is 4. The van der Waals surface area contributed by atoms with Crippen LogP contribution in [0.4, 0.5) is 0 Å². The molecule has 0 amide bonds. The predicted molar refractivity (Wildman–Crippen MR) is 59.6 cm³/mol. The van der Waals surface area contributed by atoms with E-state index in [0.29, 0.717) is 11.6 Å². The minimum atomic E-state index is 0.216. The van der Waals surface area contributed by atoms with Crippen molar-refractivity contribution in [3.8, 4) is 5.75 Å². The molecular formula is C11H14ClNO. The van der Waals surface area contributed by atoms with Gasteiger partial charge in [0.2, 0.25) is 0 Å². The number of halogens is 1. The van der Waals surface area contributed by atoms with E-state index < -0.39 is 0 Å². The number of aromatic hydroxyl groups is 1. The Morgan fingerprint density at radius 1 is 1.64 bits per heavy atom. The molecule has 0 aliphatic rings. The summed E-state index contributed by atoms with van der Waals surface area (Å²) in [4.78, 5) is 0. The van der Waals surface area contributed by atoms with Crippen molar-refractivity contribution in [3.63, 3.8) is 0 Å². The van der Waals surface area contributed by atoms with Gasteiger partial charge in [-0.25, -0.2) is 0 Å². The van der Waals surface area contributed by atoms with Gasteiger partial charge in [-0.1, -0.05) is 17.7 Å². The van der Waals surface area contributed by atoms with Crippen LogP contribution in [0.25, 0.3) is 0 Å². The molecule has 0 fully saturated rings. The molecule has 0 bridgehead atoms. The minimum absolute atomic E-state index is 0.216. The van der Waals surface area contributed by atoms with Crippen molar-refractivity contribution in [1.29, 1.82) is 0 Å². The van der Waals surface area contributed by atoms with Crippen molar-refractivity contribution >= 4 is 11.6 Å². The Morgan fingerprint density at radius 3 is 3.00 bits per heavy atom. The van der Waals surface area contributed by atoms with Crippen LogP contribution < -0.4 is 5.32 Å². The van der Waals surface area contributed by atoms with Crippen molar-refractivity contribution in [1.82, 2.24) is 5.32 Å². The number of phenols is 1. The summed E-state index contributed by atoms with van der Waals surface area (Å²) in [5.41, 5.74) is 0.797. The Hall–Kier alpha value is -0.990. The van der Waals surface area contributed by atoms with Crippen LogP contribution in [0.1, 0.15) is 12.5 Å². The van der Waals surface area contributed by atoms with Gasteiger partial charge < -0.3 is 10.4 Å². The molecule has 2 nitrogen and oxygen atoms in total. The molecule has 0 radical (unpaired) electrons. The Bertz CT molecular complexity index is 325. The van der Waals surface area contributed by atoms with E-state index in [-0.39, 0.29) is 11.8 Å². The monoisotopic (exact) mass is 211 g/mol. The highest BCUT2D eigenvalue weighted by Gasteiger charge is 2.02. The summed E-state index contributed by atoms with van der Waals surface area (Å²) in [6.45, 7) is 6.24. The highest BCUT2D eigenvalue weighted by atomic mass is 35.5. The van der Waals surface area contributed by atoms with Crippen LogP contribution in [0.5, 0.6) is 5.75 Å². The van der Waals surface area contributed by atoms with Gasteiger partial charge in [0.1, 0.15) is 5.75 Å². The van der Waals surface area contributed by atoms with Gasteiger partial charge in [0, 0.05) is 23.2 Å². The number of benzene rings is 1. The fourth-order valence-corrected chi connectivity index (χ4v) is 1.24. The molecule has 76 valence electrons. The van der Waals surface area contributed by atoms with Crippen LogP contribution in [-0.2, 0) is 6.54 Å². The zero-order chi connectivity index (χ0) is 10.6. The molecule has 0 heterocycles. The SMILES string of the molecule is C=CC(C)NCc1cc(Cl)ccc1O. The molecule has 1 aromatic carbocycles. The topological polar surface area (TPSA) is 32.3 Å². The van der Waals surface area contributed by atoms with Gasteiger partial charge in [-0.3, -0.25) is 0 Å². The van der Waals surface area contributed by atoms with E-state index in [1.807, 2.05) is 13.0 Å². The molecule has 0 spiro atoms. The molecule has 14 heavy (non-hydrogen) atoms. The number of hydrogen-bond donors (Lipinski definition) is 2. The molecule has 3 heteroatoms. The highest BCUT2D eigenvalue weighted by Crippen LogP contribution is 2.21. The Morgan fingerprint density at radius 2 is 2.36 bits per heavy atom.